The van der Waals surface area contributed by atoms with E-state index in [2.05, 4.69) is 30.7 Å². The van der Waals surface area contributed by atoms with Gasteiger partial charge in [0.05, 0.1) is 30.7 Å². The third-order valence-corrected chi connectivity index (χ3v) is 8.79. The van der Waals surface area contributed by atoms with Crippen molar-refractivity contribution in [3.8, 4) is 11.4 Å². The molecule has 1 aliphatic carbocycles. The van der Waals surface area contributed by atoms with Crippen molar-refractivity contribution in [3.05, 3.63) is 41.0 Å². The highest BCUT2D eigenvalue weighted by atomic mass is 32.2. The minimum atomic E-state index is -3.72. The average Bonchev–Trinajstić information content (AvgIpc) is 3.54. The minimum Gasteiger partial charge on any atom is -0.377 e. The molecule has 2 N–H and O–H groups in total. The van der Waals surface area contributed by atoms with Crippen LogP contribution in [0.2, 0.25) is 0 Å². The lowest BCUT2D eigenvalue weighted by Crippen LogP contribution is -2.44. The number of urea groups is 1. The fraction of sp³-hybridized carbons (Fsp3) is 0.435. The van der Waals surface area contributed by atoms with Gasteiger partial charge in [-0.1, -0.05) is 11.3 Å². The molecule has 1 aliphatic heterocycles. The van der Waals surface area contributed by atoms with Crippen molar-refractivity contribution >= 4 is 38.7 Å². The number of ether oxygens (including phenoxy) is 1. The topological polar surface area (TPSA) is 139 Å². The fourth-order valence-electron chi connectivity index (χ4n) is 3.84. The molecule has 190 valence electrons. The Kier molecular flexibility index (Phi) is 6.86. The number of morpholine rings is 1. The van der Waals surface area contributed by atoms with Crippen LogP contribution in [0.3, 0.4) is 0 Å². The Bertz CT molecular complexity index is 1360. The first-order valence-electron chi connectivity index (χ1n) is 11.7. The third-order valence-electron chi connectivity index (χ3n) is 5.85. The van der Waals surface area contributed by atoms with Gasteiger partial charge in [-0.3, -0.25) is 0 Å². The molecule has 0 spiro atoms. The van der Waals surface area contributed by atoms with E-state index in [1.54, 1.807) is 37.3 Å². The summed E-state index contributed by atoms with van der Waals surface area (Å²) < 4.78 is 31.6. The Morgan fingerprint density at radius 3 is 2.64 bits per heavy atom. The monoisotopic (exact) mass is 529 g/mol. The highest BCUT2D eigenvalue weighted by molar-refractivity contribution is 7.92. The summed E-state index contributed by atoms with van der Waals surface area (Å²) in [6.45, 7) is 5.50. The highest BCUT2D eigenvalue weighted by Gasteiger charge is 2.26. The molecule has 13 heteroatoms. The van der Waals surface area contributed by atoms with E-state index in [9.17, 15) is 13.2 Å². The minimum absolute atomic E-state index is 0.0265. The molecule has 1 saturated heterocycles. The van der Waals surface area contributed by atoms with Crippen LogP contribution >= 0.6 is 11.3 Å². The Morgan fingerprint density at radius 1 is 1.19 bits per heavy atom. The van der Waals surface area contributed by atoms with E-state index < -0.39 is 9.84 Å². The molecule has 2 fully saturated rings. The average molecular weight is 530 g/mol. The Labute approximate surface area is 213 Å². The number of anilines is 2. The van der Waals surface area contributed by atoms with Crippen molar-refractivity contribution in [3.63, 3.8) is 0 Å². The number of carbonyl (C=O) groups excluding carboxylic acids is 1. The van der Waals surface area contributed by atoms with Gasteiger partial charge in [0.15, 0.2) is 5.82 Å². The van der Waals surface area contributed by atoms with E-state index in [-0.39, 0.29) is 28.2 Å². The zero-order valence-electron chi connectivity index (χ0n) is 20.0. The number of aromatic nitrogens is 4. The first-order valence-corrected chi connectivity index (χ1v) is 14.2. The number of aryl methyl sites for hydroxylation is 1. The van der Waals surface area contributed by atoms with Crippen molar-refractivity contribution in [2.45, 2.75) is 48.9 Å². The van der Waals surface area contributed by atoms with Crippen LogP contribution in [0, 0.1) is 6.92 Å². The molecule has 3 heterocycles. The highest BCUT2D eigenvalue weighted by Crippen LogP contribution is 2.27. The predicted octanol–water partition coefficient (Wildman–Crippen LogP) is 2.79. The molecule has 5 rings (SSSR count). The molecular formula is C23H27N7O4S2. The first-order chi connectivity index (χ1) is 17.3. The first kappa shape index (κ1) is 24.5. The van der Waals surface area contributed by atoms with Crippen molar-refractivity contribution in [1.29, 1.82) is 0 Å². The zero-order valence-corrected chi connectivity index (χ0v) is 21.6. The second kappa shape index (κ2) is 10.1. The van der Waals surface area contributed by atoms with Crippen molar-refractivity contribution < 1.29 is 17.9 Å². The van der Waals surface area contributed by atoms with Gasteiger partial charge in [-0.05, 0) is 51.0 Å². The quantitative estimate of drug-likeness (QED) is 0.473. The van der Waals surface area contributed by atoms with Crippen LogP contribution in [-0.4, -0.2) is 66.5 Å². The second-order valence-electron chi connectivity index (χ2n) is 8.95. The fourth-order valence-corrected chi connectivity index (χ4v) is 6.13. The number of nitrogens with zero attached hydrogens (tertiary/aromatic N) is 5. The SMILES string of the molecule is Cc1nnc(S(=O)(=O)Cc2cc(N3CCOC[C@@H]3C)nc(-c3ccc(NC(=O)NC4CC4)cc3)n2)s1. The van der Waals surface area contributed by atoms with Gasteiger partial charge in [-0.25, -0.2) is 23.2 Å². The van der Waals surface area contributed by atoms with E-state index in [1.165, 1.54) is 0 Å². The number of hydrogen-bond acceptors (Lipinski definition) is 10. The lowest BCUT2D eigenvalue weighted by atomic mass is 10.2. The van der Waals surface area contributed by atoms with Crippen LogP contribution < -0.4 is 15.5 Å². The van der Waals surface area contributed by atoms with E-state index in [4.69, 9.17) is 9.72 Å². The maximum Gasteiger partial charge on any atom is 0.319 e. The summed E-state index contributed by atoms with van der Waals surface area (Å²) >= 11 is 1.04. The van der Waals surface area contributed by atoms with Gasteiger partial charge >= 0.3 is 6.03 Å². The van der Waals surface area contributed by atoms with Crippen molar-refractivity contribution in [1.82, 2.24) is 25.5 Å². The lowest BCUT2D eigenvalue weighted by Gasteiger charge is -2.34. The molecule has 2 aromatic heterocycles. The summed E-state index contributed by atoms with van der Waals surface area (Å²) in [6.07, 6.45) is 2.02. The van der Waals surface area contributed by atoms with Gasteiger partial charge in [-0.15, -0.1) is 10.2 Å². The Hall–Kier alpha value is -3.16. The molecule has 36 heavy (non-hydrogen) atoms. The maximum atomic E-state index is 13.0. The van der Waals surface area contributed by atoms with Crippen LogP contribution in [-0.2, 0) is 20.3 Å². The molecule has 3 aromatic rings. The molecular weight excluding hydrogens is 502 g/mol. The predicted molar refractivity (Wildman–Crippen MR) is 136 cm³/mol. The van der Waals surface area contributed by atoms with Gasteiger partial charge in [-0.2, -0.15) is 0 Å². The largest absolute Gasteiger partial charge is 0.377 e. The van der Waals surface area contributed by atoms with Crippen LogP contribution in [0.5, 0.6) is 0 Å². The molecule has 1 atom stereocenters. The smallest absolute Gasteiger partial charge is 0.319 e. The summed E-state index contributed by atoms with van der Waals surface area (Å²) in [6, 6.07) is 8.99. The van der Waals surface area contributed by atoms with E-state index in [0.29, 0.717) is 53.4 Å². The van der Waals surface area contributed by atoms with Gasteiger partial charge in [0.25, 0.3) is 0 Å². The number of hydrogen-bond donors (Lipinski definition) is 2. The normalized spacial score (nSPS) is 18.2. The molecule has 2 amide bonds. The van der Waals surface area contributed by atoms with Gasteiger partial charge < -0.3 is 20.3 Å². The number of sulfone groups is 1. The molecule has 11 nitrogen and oxygen atoms in total. The molecule has 2 aliphatic rings. The number of rotatable bonds is 7. The summed E-state index contributed by atoms with van der Waals surface area (Å²) in [4.78, 5) is 23.5. The molecule has 1 aromatic carbocycles. The third kappa shape index (κ3) is 5.79. The van der Waals surface area contributed by atoms with E-state index in [1.807, 2.05) is 6.92 Å². The molecule has 0 bridgehead atoms. The standard InChI is InChI=1S/C23H27N7O4S2/c1-14-12-34-10-9-30(14)20-11-19(13-36(32,33)23-29-28-15(2)35-23)24-21(27-20)16-3-5-17(6-4-16)25-22(31)26-18-7-8-18/h3-6,11,14,18H,7-10,12-13H2,1-2H3,(H2,25,26,31)/t14-/m0/s1. The van der Waals surface area contributed by atoms with Gasteiger partial charge in [0.2, 0.25) is 14.2 Å². The maximum absolute atomic E-state index is 13.0. The molecule has 0 radical (unpaired) electrons. The summed E-state index contributed by atoms with van der Waals surface area (Å²) in [5.41, 5.74) is 1.72. The Morgan fingerprint density at radius 2 is 1.97 bits per heavy atom. The van der Waals surface area contributed by atoms with Crippen LogP contribution in [0.25, 0.3) is 11.4 Å². The second-order valence-corrected chi connectivity index (χ2v) is 12.3. The van der Waals surface area contributed by atoms with Crippen LogP contribution in [0.1, 0.15) is 30.5 Å². The lowest BCUT2D eigenvalue weighted by molar-refractivity contribution is 0.0985. The van der Waals surface area contributed by atoms with Crippen LogP contribution in [0.4, 0.5) is 16.3 Å². The number of nitrogens with one attached hydrogen (secondary N) is 2. The number of benzene rings is 1. The Balaban J connectivity index is 1.44. The molecule has 1 saturated carbocycles. The number of amides is 2. The number of carbonyl (C=O) groups is 1. The van der Waals surface area contributed by atoms with Gasteiger partial charge in [0, 0.05) is 29.9 Å². The zero-order chi connectivity index (χ0) is 25.3. The molecule has 0 unspecified atom stereocenters. The van der Waals surface area contributed by atoms with Crippen LogP contribution in [0.15, 0.2) is 34.7 Å². The summed E-state index contributed by atoms with van der Waals surface area (Å²) in [5.74, 6) is 0.725. The van der Waals surface area contributed by atoms with Crippen molar-refractivity contribution in [2.24, 2.45) is 0 Å². The summed E-state index contributed by atoms with van der Waals surface area (Å²) in [5, 5.41) is 13.9. The van der Waals surface area contributed by atoms with Gasteiger partial charge in [0.1, 0.15) is 10.8 Å². The van der Waals surface area contributed by atoms with E-state index in [0.717, 1.165) is 24.2 Å². The summed E-state index contributed by atoms with van der Waals surface area (Å²) in [7, 11) is -3.72. The van der Waals surface area contributed by atoms with E-state index >= 15 is 0 Å². The van der Waals surface area contributed by atoms with Crippen molar-refractivity contribution in [2.75, 3.05) is 30.0 Å².